The van der Waals surface area contributed by atoms with E-state index in [0.717, 1.165) is 18.4 Å². The summed E-state index contributed by atoms with van der Waals surface area (Å²) >= 11 is 0. The summed E-state index contributed by atoms with van der Waals surface area (Å²) < 4.78 is 30.7. The van der Waals surface area contributed by atoms with Crippen LogP contribution in [0.2, 0.25) is 0 Å². The molecule has 5 heteroatoms. The van der Waals surface area contributed by atoms with Gasteiger partial charge in [0.25, 0.3) is 10.1 Å². The number of rotatable bonds is 10. The molecule has 1 N–H and O–H groups in total. The van der Waals surface area contributed by atoms with E-state index in [-0.39, 0.29) is 23.8 Å². The van der Waals surface area contributed by atoms with E-state index in [1.165, 1.54) is 57.1 Å². The van der Waals surface area contributed by atoms with Gasteiger partial charge in [-0.05, 0) is 30.5 Å². The van der Waals surface area contributed by atoms with Crippen molar-refractivity contribution < 1.29 is 13.0 Å². The van der Waals surface area contributed by atoms with Gasteiger partial charge in [0, 0.05) is 0 Å². The van der Waals surface area contributed by atoms with Gasteiger partial charge in [0.2, 0.25) is 0 Å². The van der Waals surface area contributed by atoms with E-state index in [0.29, 0.717) is 0 Å². The van der Waals surface area contributed by atoms with Crippen LogP contribution in [0.4, 0.5) is 0 Å². The molecule has 116 valence electrons. The summed E-state index contributed by atoms with van der Waals surface area (Å²) in [7, 11) is -4.06. The first kappa shape index (κ1) is 20.7. The predicted octanol–water partition coefficient (Wildman–Crippen LogP) is 3.97. The van der Waals surface area contributed by atoms with E-state index in [1.807, 2.05) is 0 Å². The fourth-order valence-corrected chi connectivity index (χ4v) is 2.77. The molecule has 0 amide bonds. The molecule has 0 bridgehead atoms. The van der Waals surface area contributed by atoms with Crippen molar-refractivity contribution in [2.24, 2.45) is 0 Å². The van der Waals surface area contributed by atoms with Crippen LogP contribution >= 0.6 is 0 Å². The number of hydrogen-bond donors (Lipinski definition) is 1. The van der Waals surface area contributed by atoms with Crippen LogP contribution in [0.1, 0.15) is 63.9 Å². The van der Waals surface area contributed by atoms with Crippen molar-refractivity contribution in [2.75, 3.05) is 0 Å². The molecule has 0 aromatic heterocycles. The zero-order chi connectivity index (χ0) is 14.8. The van der Waals surface area contributed by atoms with Crippen molar-refractivity contribution in [2.45, 2.75) is 69.6 Å². The van der Waals surface area contributed by atoms with Gasteiger partial charge in [-0.2, -0.15) is 8.42 Å². The molecule has 0 radical (unpaired) electrons. The molecule has 1 aromatic carbocycles. The molecule has 3 nitrogen and oxygen atoms in total. The zero-order valence-corrected chi connectivity index (χ0v) is 13.2. The molecule has 0 atom stereocenters. The maximum absolute atomic E-state index is 10.9. The van der Waals surface area contributed by atoms with Crippen LogP contribution in [0.15, 0.2) is 29.2 Å². The first-order valence-corrected chi connectivity index (χ1v) is 9.04. The minimum absolute atomic E-state index is 0. The van der Waals surface area contributed by atoms with Gasteiger partial charge in [-0.3, -0.25) is 4.55 Å². The Morgan fingerprint density at radius 1 is 0.857 bits per heavy atom. The molecule has 0 unspecified atom stereocenters. The Hall–Kier alpha value is -0.273. The number of unbranched alkanes of at least 4 members (excludes halogenated alkanes) is 7. The molecule has 0 saturated heterocycles. The Balaban J connectivity index is 0.00000400. The third-order valence-corrected chi connectivity index (χ3v) is 4.41. The van der Waals surface area contributed by atoms with Crippen LogP contribution in [-0.4, -0.2) is 31.8 Å². The Bertz CT molecular complexity index is 469. The van der Waals surface area contributed by atoms with Crippen LogP contribution in [0.3, 0.4) is 0 Å². The van der Waals surface area contributed by atoms with Gasteiger partial charge in [-0.1, -0.05) is 64.0 Å². The average molecular weight is 306 g/mol. The standard InChI is InChI=1S/C16H26O3S.Li.H/c1-2-3-4-5-6-7-8-9-10-15-11-13-16(14-12-15)20(17,18)19;;/h11-14H,2-10H2,1H3,(H,17,18,19);;. The Morgan fingerprint density at radius 3 is 1.81 bits per heavy atom. The molecule has 0 aliphatic carbocycles. The summed E-state index contributed by atoms with van der Waals surface area (Å²) in [6.07, 6.45) is 11.3. The minimum atomic E-state index is -4.06. The molecule has 0 saturated carbocycles. The third-order valence-electron chi connectivity index (χ3n) is 3.54. The summed E-state index contributed by atoms with van der Waals surface area (Å²) in [6.45, 7) is 2.23. The Morgan fingerprint density at radius 2 is 1.33 bits per heavy atom. The Labute approximate surface area is 141 Å². The fourth-order valence-electron chi connectivity index (χ4n) is 2.29. The van der Waals surface area contributed by atoms with Crippen molar-refractivity contribution in [3.8, 4) is 0 Å². The second-order valence-electron chi connectivity index (χ2n) is 5.34. The number of hydrogen-bond acceptors (Lipinski definition) is 2. The third kappa shape index (κ3) is 9.37. The number of aryl methyl sites for hydroxylation is 1. The fraction of sp³-hybridized carbons (Fsp3) is 0.625. The van der Waals surface area contributed by atoms with Crippen molar-refractivity contribution in [1.29, 1.82) is 0 Å². The molecule has 0 aliphatic rings. The summed E-state index contributed by atoms with van der Waals surface area (Å²) in [5.74, 6) is 0. The number of benzene rings is 1. The van der Waals surface area contributed by atoms with Crippen LogP contribution in [0.5, 0.6) is 0 Å². The van der Waals surface area contributed by atoms with E-state index in [9.17, 15) is 8.42 Å². The van der Waals surface area contributed by atoms with Gasteiger partial charge >= 0.3 is 18.9 Å². The van der Waals surface area contributed by atoms with Gasteiger partial charge in [-0.25, -0.2) is 0 Å². The molecular formula is C16H27LiO3S. The van der Waals surface area contributed by atoms with Crippen LogP contribution in [0.25, 0.3) is 0 Å². The molecular weight excluding hydrogens is 279 g/mol. The second kappa shape index (κ2) is 11.3. The topological polar surface area (TPSA) is 54.4 Å². The van der Waals surface area contributed by atoms with Crippen molar-refractivity contribution in [3.05, 3.63) is 29.8 Å². The zero-order valence-electron chi connectivity index (χ0n) is 12.3. The summed E-state index contributed by atoms with van der Waals surface area (Å²) in [5, 5.41) is 0. The molecule has 0 spiro atoms. The maximum atomic E-state index is 10.9. The van der Waals surface area contributed by atoms with Gasteiger partial charge in [0.05, 0.1) is 4.90 Å². The normalized spacial score (nSPS) is 11.1. The van der Waals surface area contributed by atoms with Gasteiger partial charge < -0.3 is 0 Å². The summed E-state index contributed by atoms with van der Waals surface area (Å²) in [5.41, 5.74) is 1.13. The monoisotopic (exact) mass is 306 g/mol. The van der Waals surface area contributed by atoms with Crippen molar-refractivity contribution >= 4 is 29.0 Å². The molecule has 1 aromatic rings. The molecule has 1 rings (SSSR count). The predicted molar refractivity (Wildman–Crippen MR) is 89.7 cm³/mol. The van der Waals surface area contributed by atoms with Crippen molar-refractivity contribution in [1.82, 2.24) is 0 Å². The second-order valence-corrected chi connectivity index (χ2v) is 6.77. The van der Waals surface area contributed by atoms with Crippen LogP contribution in [-0.2, 0) is 16.5 Å². The molecule has 21 heavy (non-hydrogen) atoms. The van der Waals surface area contributed by atoms with E-state index >= 15 is 0 Å². The van der Waals surface area contributed by atoms with E-state index in [4.69, 9.17) is 4.55 Å². The quantitative estimate of drug-likeness (QED) is 0.404. The Kier molecular flexibility index (Phi) is 11.2. The summed E-state index contributed by atoms with van der Waals surface area (Å²) in [4.78, 5) is -0.0304. The van der Waals surface area contributed by atoms with Crippen molar-refractivity contribution in [3.63, 3.8) is 0 Å². The van der Waals surface area contributed by atoms with Gasteiger partial charge in [0.1, 0.15) is 0 Å². The summed E-state index contributed by atoms with van der Waals surface area (Å²) in [6, 6.07) is 6.50. The van der Waals surface area contributed by atoms with Gasteiger partial charge in [-0.15, -0.1) is 0 Å². The van der Waals surface area contributed by atoms with E-state index in [2.05, 4.69) is 6.92 Å². The van der Waals surface area contributed by atoms with Gasteiger partial charge in [0.15, 0.2) is 0 Å². The SMILES string of the molecule is CCCCCCCCCCc1ccc(S(=O)(=O)O)cc1.[LiH]. The first-order valence-electron chi connectivity index (χ1n) is 7.60. The first-order chi connectivity index (χ1) is 9.54. The average Bonchev–Trinajstić information content (AvgIpc) is 2.41. The van der Waals surface area contributed by atoms with E-state index < -0.39 is 10.1 Å². The van der Waals surface area contributed by atoms with Crippen LogP contribution in [0, 0.1) is 0 Å². The molecule has 0 heterocycles. The molecule has 0 fully saturated rings. The molecule has 0 aliphatic heterocycles. The van der Waals surface area contributed by atoms with E-state index in [1.54, 1.807) is 12.1 Å². The van der Waals surface area contributed by atoms with Crippen LogP contribution < -0.4 is 0 Å².